The van der Waals surface area contributed by atoms with Gasteiger partial charge in [0.15, 0.2) is 5.13 Å². The van der Waals surface area contributed by atoms with E-state index in [-0.39, 0.29) is 11.9 Å². The Morgan fingerprint density at radius 2 is 1.97 bits per heavy atom. The molecule has 31 heavy (non-hydrogen) atoms. The first-order valence-electron chi connectivity index (χ1n) is 10.8. The number of carbonyl (C=O) groups is 1. The van der Waals surface area contributed by atoms with Gasteiger partial charge in [-0.1, -0.05) is 12.1 Å². The summed E-state index contributed by atoms with van der Waals surface area (Å²) in [6, 6.07) is 10.2. The highest BCUT2D eigenvalue weighted by Crippen LogP contribution is 2.29. The lowest BCUT2D eigenvalue weighted by molar-refractivity contribution is -0.131. The second kappa shape index (κ2) is 9.17. The fourth-order valence-electron chi connectivity index (χ4n) is 4.53. The van der Waals surface area contributed by atoms with Crippen LogP contribution in [0.1, 0.15) is 12.0 Å². The van der Waals surface area contributed by atoms with E-state index in [2.05, 4.69) is 26.6 Å². The highest BCUT2D eigenvalue weighted by Gasteiger charge is 2.36. The van der Waals surface area contributed by atoms with Crippen LogP contribution in [0.25, 0.3) is 11.3 Å². The first-order valence-corrected chi connectivity index (χ1v) is 12.8. The van der Waals surface area contributed by atoms with Crippen molar-refractivity contribution in [1.82, 2.24) is 20.1 Å². The first kappa shape index (κ1) is 20.8. The molecule has 4 heterocycles. The quantitative estimate of drug-likeness (QED) is 0.758. The van der Waals surface area contributed by atoms with E-state index in [1.165, 1.54) is 0 Å². The summed E-state index contributed by atoms with van der Waals surface area (Å²) in [4.78, 5) is 24.4. The molecule has 0 bridgehead atoms. The number of aromatic nitrogens is 1. The molecule has 3 aliphatic heterocycles. The molecule has 1 amide bonds. The van der Waals surface area contributed by atoms with Gasteiger partial charge in [-0.2, -0.15) is 5.26 Å². The summed E-state index contributed by atoms with van der Waals surface area (Å²) in [6.07, 6.45) is 0.917. The van der Waals surface area contributed by atoms with Gasteiger partial charge >= 0.3 is 0 Å². The molecule has 0 aliphatic carbocycles. The molecule has 1 aromatic carbocycles. The van der Waals surface area contributed by atoms with Gasteiger partial charge in [0.25, 0.3) is 0 Å². The number of amides is 1. The molecule has 1 N–H and O–H groups in total. The number of nitrogens with one attached hydrogen (secondary N) is 1. The number of rotatable bonds is 4. The zero-order valence-electron chi connectivity index (χ0n) is 17.4. The smallest absolute Gasteiger partial charge is 0.240 e. The van der Waals surface area contributed by atoms with Crippen LogP contribution in [0.15, 0.2) is 29.6 Å². The van der Waals surface area contributed by atoms with Crippen LogP contribution < -0.4 is 10.2 Å². The van der Waals surface area contributed by atoms with Crippen molar-refractivity contribution in [1.29, 1.82) is 5.26 Å². The number of thiazole rings is 1. The van der Waals surface area contributed by atoms with Crippen molar-refractivity contribution in [2.24, 2.45) is 0 Å². The Hall–Kier alpha value is -2.12. The summed E-state index contributed by atoms with van der Waals surface area (Å²) >= 11 is 3.52. The number of benzene rings is 1. The summed E-state index contributed by atoms with van der Waals surface area (Å²) in [6.45, 7) is 5.70. The zero-order chi connectivity index (χ0) is 21.2. The Kier molecular flexibility index (Phi) is 6.14. The predicted molar refractivity (Wildman–Crippen MR) is 125 cm³/mol. The number of hydrogen-bond acceptors (Lipinski definition) is 8. The number of carbonyl (C=O) groups excluding carboxylic acids is 1. The molecule has 3 aliphatic rings. The Labute approximate surface area is 191 Å². The molecule has 7 nitrogen and oxygen atoms in total. The van der Waals surface area contributed by atoms with Gasteiger partial charge in [-0.05, 0) is 18.6 Å². The SMILES string of the molecule is N#Cc1ccc(-c2csc(N3CCN([C@@H]4CN[C@H](C(=O)N5CCSC5)C4)CC3)n2)cc1. The van der Waals surface area contributed by atoms with Gasteiger partial charge < -0.3 is 15.1 Å². The zero-order valence-corrected chi connectivity index (χ0v) is 19.0. The average molecular weight is 455 g/mol. The van der Waals surface area contributed by atoms with E-state index < -0.39 is 0 Å². The van der Waals surface area contributed by atoms with Crippen LogP contribution in [0.3, 0.4) is 0 Å². The minimum atomic E-state index is -0.0179. The summed E-state index contributed by atoms with van der Waals surface area (Å²) < 4.78 is 0. The lowest BCUT2D eigenvalue weighted by Crippen LogP contribution is -2.51. The first-order chi connectivity index (χ1) is 15.2. The number of nitriles is 1. The third-order valence-electron chi connectivity index (χ3n) is 6.37. The minimum Gasteiger partial charge on any atom is -0.346 e. The second-order valence-corrected chi connectivity index (χ2v) is 10.1. The van der Waals surface area contributed by atoms with Gasteiger partial charge in [-0.25, -0.2) is 4.98 Å². The molecule has 3 fully saturated rings. The Morgan fingerprint density at radius 3 is 2.68 bits per heavy atom. The van der Waals surface area contributed by atoms with Crippen LogP contribution in [0, 0.1) is 11.3 Å². The minimum absolute atomic E-state index is 0.0179. The lowest BCUT2D eigenvalue weighted by atomic mass is 10.1. The third-order valence-corrected chi connectivity index (χ3v) is 8.24. The monoisotopic (exact) mass is 454 g/mol. The normalized spacial score (nSPS) is 24.5. The van der Waals surface area contributed by atoms with E-state index >= 15 is 0 Å². The fraction of sp³-hybridized carbons (Fsp3) is 0.500. The number of hydrogen-bond donors (Lipinski definition) is 1. The Balaban J connectivity index is 1.14. The molecule has 2 atom stereocenters. The maximum Gasteiger partial charge on any atom is 0.240 e. The van der Waals surface area contributed by atoms with Gasteiger partial charge in [0.05, 0.1) is 29.2 Å². The van der Waals surface area contributed by atoms with E-state index in [0.717, 1.165) is 73.7 Å². The van der Waals surface area contributed by atoms with Crippen molar-refractivity contribution < 1.29 is 4.79 Å². The van der Waals surface area contributed by atoms with Crippen molar-refractivity contribution in [2.45, 2.75) is 18.5 Å². The molecule has 9 heteroatoms. The van der Waals surface area contributed by atoms with Crippen molar-refractivity contribution in [3.63, 3.8) is 0 Å². The van der Waals surface area contributed by atoms with E-state index in [1.54, 1.807) is 11.3 Å². The largest absolute Gasteiger partial charge is 0.346 e. The van der Waals surface area contributed by atoms with Crippen molar-refractivity contribution in [3.05, 3.63) is 35.2 Å². The lowest BCUT2D eigenvalue weighted by Gasteiger charge is -2.37. The number of thioether (sulfide) groups is 1. The summed E-state index contributed by atoms with van der Waals surface area (Å²) in [7, 11) is 0. The van der Waals surface area contributed by atoms with Gasteiger partial charge in [0.2, 0.25) is 5.91 Å². The Morgan fingerprint density at radius 1 is 1.16 bits per heavy atom. The van der Waals surface area contributed by atoms with E-state index in [9.17, 15) is 4.79 Å². The third kappa shape index (κ3) is 4.44. The molecule has 0 radical (unpaired) electrons. The van der Waals surface area contributed by atoms with Crippen LogP contribution in [-0.2, 0) is 4.79 Å². The van der Waals surface area contributed by atoms with Crippen LogP contribution in [0.5, 0.6) is 0 Å². The maximum atomic E-state index is 12.7. The summed E-state index contributed by atoms with van der Waals surface area (Å²) in [5.74, 6) is 2.19. The van der Waals surface area contributed by atoms with Crippen molar-refractivity contribution >= 4 is 34.1 Å². The van der Waals surface area contributed by atoms with Crippen LogP contribution >= 0.6 is 23.1 Å². The van der Waals surface area contributed by atoms with Gasteiger partial charge in [0, 0.05) is 62.0 Å². The second-order valence-electron chi connectivity index (χ2n) is 8.22. The number of anilines is 1. The molecule has 5 rings (SSSR count). The van der Waals surface area contributed by atoms with E-state index in [4.69, 9.17) is 10.2 Å². The summed E-state index contributed by atoms with van der Waals surface area (Å²) in [5.41, 5.74) is 2.68. The highest BCUT2D eigenvalue weighted by atomic mass is 32.2. The molecule has 0 unspecified atom stereocenters. The van der Waals surface area contributed by atoms with Crippen molar-refractivity contribution in [2.75, 3.05) is 55.8 Å². The fourth-order valence-corrected chi connectivity index (χ4v) is 6.37. The van der Waals surface area contributed by atoms with Gasteiger partial charge in [-0.15, -0.1) is 23.1 Å². The van der Waals surface area contributed by atoms with E-state index in [1.807, 2.05) is 40.9 Å². The number of piperazine rings is 1. The number of nitrogens with zero attached hydrogens (tertiary/aromatic N) is 5. The van der Waals surface area contributed by atoms with E-state index in [0.29, 0.717) is 11.6 Å². The molecule has 2 aromatic rings. The predicted octanol–water partition coefficient (Wildman–Crippen LogP) is 2.07. The highest BCUT2D eigenvalue weighted by molar-refractivity contribution is 7.99. The average Bonchev–Trinajstić information content (AvgIpc) is 3.60. The van der Waals surface area contributed by atoms with Crippen LogP contribution in [0.4, 0.5) is 5.13 Å². The van der Waals surface area contributed by atoms with Gasteiger partial charge in [0.1, 0.15) is 0 Å². The molecular weight excluding hydrogens is 428 g/mol. The van der Waals surface area contributed by atoms with Crippen LogP contribution in [-0.4, -0.2) is 83.7 Å². The standard InChI is InChI=1S/C22H26N6OS2/c23-12-16-1-3-17(4-2-16)20-14-31-22(25-20)27-7-5-26(6-8-27)18-11-19(24-13-18)21(29)28-9-10-30-15-28/h1-4,14,18-19,24H,5-11,13,15H2/t18-,19-/m0/s1. The molecule has 3 saturated heterocycles. The molecule has 162 valence electrons. The molecule has 0 spiro atoms. The molecule has 0 saturated carbocycles. The topological polar surface area (TPSA) is 75.5 Å². The Bertz CT molecular complexity index is 957. The van der Waals surface area contributed by atoms with Crippen LogP contribution in [0.2, 0.25) is 0 Å². The molecule has 1 aromatic heterocycles. The molecular formula is C22H26N6OS2. The van der Waals surface area contributed by atoms with Crippen molar-refractivity contribution in [3.8, 4) is 17.3 Å². The summed E-state index contributed by atoms with van der Waals surface area (Å²) in [5, 5.41) is 15.6. The van der Waals surface area contributed by atoms with Gasteiger partial charge in [-0.3, -0.25) is 9.69 Å². The maximum absolute atomic E-state index is 12.7.